The van der Waals surface area contributed by atoms with Gasteiger partial charge in [0.15, 0.2) is 0 Å². The first-order valence-electron chi connectivity index (χ1n) is 4.66. The van der Waals surface area contributed by atoms with Crippen molar-refractivity contribution in [3.8, 4) is 0 Å². The van der Waals surface area contributed by atoms with Crippen LogP contribution in [0.2, 0.25) is 5.02 Å². The second-order valence-corrected chi connectivity index (χ2v) is 4.53. The topological polar surface area (TPSA) is 20.2 Å². The van der Waals surface area contributed by atoms with Gasteiger partial charge >= 0.3 is 0 Å². The normalized spacial score (nSPS) is 10.9. The molecule has 2 aromatic carbocycles. The number of halogens is 1. The van der Waals surface area contributed by atoms with Gasteiger partial charge in [-0.05, 0) is 59.1 Å². The molecular weight excluding hydrogens is 228 g/mol. The molecule has 2 aromatic rings. The van der Waals surface area contributed by atoms with Crippen LogP contribution < -0.4 is 0 Å². The molecule has 15 heavy (non-hydrogen) atoms. The second-order valence-electron chi connectivity index (χ2n) is 3.54. The van der Waals surface area contributed by atoms with Crippen LogP contribution in [0.1, 0.15) is 11.1 Å². The summed E-state index contributed by atoms with van der Waals surface area (Å²) in [4.78, 5) is 0. The minimum Gasteiger partial charge on any atom is -0.330 e. The summed E-state index contributed by atoms with van der Waals surface area (Å²) in [6.45, 7) is 2.06. The van der Waals surface area contributed by atoms with Crippen molar-refractivity contribution < 1.29 is 4.55 Å². The molecule has 0 aliphatic rings. The van der Waals surface area contributed by atoms with E-state index in [9.17, 15) is 0 Å². The highest BCUT2D eigenvalue weighted by atomic mass is 35.5. The second kappa shape index (κ2) is 4.44. The van der Waals surface area contributed by atoms with Gasteiger partial charge in [-0.1, -0.05) is 23.7 Å². The summed E-state index contributed by atoms with van der Waals surface area (Å²) in [6.07, 6.45) is 0. The lowest BCUT2D eigenvalue weighted by atomic mass is 10.0. The maximum Gasteiger partial charge on any atom is 0.0449 e. The highest BCUT2D eigenvalue weighted by Crippen LogP contribution is 2.24. The molecule has 0 radical (unpaired) electrons. The zero-order valence-corrected chi connectivity index (χ0v) is 9.90. The van der Waals surface area contributed by atoms with Gasteiger partial charge in [0.1, 0.15) is 0 Å². The summed E-state index contributed by atoms with van der Waals surface area (Å²) in [5.74, 6) is 0.619. The lowest BCUT2D eigenvalue weighted by Gasteiger charge is -2.06. The molecule has 2 rings (SSSR count). The Kier molecular flexibility index (Phi) is 3.19. The first kappa shape index (κ1) is 10.8. The summed E-state index contributed by atoms with van der Waals surface area (Å²) in [7, 11) is 0. The minimum atomic E-state index is 0.619. The van der Waals surface area contributed by atoms with Crippen molar-refractivity contribution in [2.45, 2.75) is 12.7 Å². The van der Waals surface area contributed by atoms with Gasteiger partial charge in [-0.15, -0.1) is 0 Å². The van der Waals surface area contributed by atoms with Crippen molar-refractivity contribution in [1.29, 1.82) is 0 Å². The third kappa shape index (κ3) is 2.28. The summed E-state index contributed by atoms with van der Waals surface area (Å²) in [5, 5.41) is 3.05. The predicted molar refractivity (Wildman–Crippen MR) is 67.6 cm³/mol. The summed E-state index contributed by atoms with van der Waals surface area (Å²) in [5.41, 5.74) is 2.35. The van der Waals surface area contributed by atoms with Crippen LogP contribution in [0.5, 0.6) is 0 Å². The molecule has 0 spiro atoms. The average molecular weight is 239 g/mol. The number of benzene rings is 2. The summed E-state index contributed by atoms with van der Waals surface area (Å²) < 4.78 is 8.86. The molecule has 3 heteroatoms. The van der Waals surface area contributed by atoms with Gasteiger partial charge in [-0.25, -0.2) is 0 Å². The van der Waals surface area contributed by atoms with Gasteiger partial charge in [0.2, 0.25) is 0 Å². The first-order valence-corrected chi connectivity index (χ1v) is 5.98. The van der Waals surface area contributed by atoms with Crippen molar-refractivity contribution in [3.63, 3.8) is 0 Å². The lowest BCUT2D eigenvalue weighted by Crippen LogP contribution is -1.87. The van der Waals surface area contributed by atoms with E-state index in [0.717, 1.165) is 28.0 Å². The van der Waals surface area contributed by atoms with Crippen LogP contribution in [0.3, 0.4) is 0 Å². The molecule has 0 aliphatic heterocycles. The van der Waals surface area contributed by atoms with E-state index < -0.39 is 0 Å². The molecule has 0 bridgehead atoms. The van der Waals surface area contributed by atoms with Crippen molar-refractivity contribution >= 4 is 34.4 Å². The van der Waals surface area contributed by atoms with Crippen LogP contribution in [-0.4, -0.2) is 4.55 Å². The fourth-order valence-electron chi connectivity index (χ4n) is 1.65. The molecule has 0 aliphatic carbocycles. The van der Waals surface area contributed by atoms with Gasteiger partial charge in [0.25, 0.3) is 0 Å². The summed E-state index contributed by atoms with van der Waals surface area (Å²) in [6, 6.07) is 10.1. The molecule has 0 aromatic heterocycles. The van der Waals surface area contributed by atoms with Crippen LogP contribution >= 0.6 is 23.6 Å². The van der Waals surface area contributed by atoms with Crippen LogP contribution in [0, 0.1) is 6.92 Å². The van der Waals surface area contributed by atoms with Gasteiger partial charge in [0, 0.05) is 10.8 Å². The van der Waals surface area contributed by atoms with Crippen LogP contribution in [0.25, 0.3) is 10.8 Å². The number of rotatable bonds is 2. The molecule has 0 fully saturated rings. The van der Waals surface area contributed by atoms with Crippen molar-refractivity contribution in [2.24, 2.45) is 0 Å². The number of hydrogen-bond acceptors (Lipinski definition) is 2. The molecule has 0 amide bonds. The zero-order valence-electron chi connectivity index (χ0n) is 8.33. The van der Waals surface area contributed by atoms with Crippen molar-refractivity contribution in [1.82, 2.24) is 0 Å². The standard InChI is InChI=1S/C12H11ClOS/c1-8-4-9-2-3-12(13)6-10(9)5-11(8)7-15-14/h2-6,14H,7H2,1H3. The molecule has 0 atom stereocenters. The number of hydrogen-bond donors (Lipinski definition) is 1. The third-order valence-corrected chi connectivity index (χ3v) is 3.15. The molecule has 0 unspecified atom stereocenters. The highest BCUT2D eigenvalue weighted by molar-refractivity contribution is 7.92. The maximum absolute atomic E-state index is 8.86. The Balaban J connectivity index is 2.61. The van der Waals surface area contributed by atoms with E-state index in [-0.39, 0.29) is 0 Å². The molecule has 0 heterocycles. The largest absolute Gasteiger partial charge is 0.330 e. The Labute approximate surface area is 98.3 Å². The van der Waals surface area contributed by atoms with Gasteiger partial charge in [-0.2, -0.15) is 0 Å². The Morgan fingerprint density at radius 3 is 2.73 bits per heavy atom. The van der Waals surface area contributed by atoms with E-state index in [1.807, 2.05) is 18.2 Å². The van der Waals surface area contributed by atoms with E-state index in [4.69, 9.17) is 16.2 Å². The molecule has 1 nitrogen and oxygen atoms in total. The van der Waals surface area contributed by atoms with E-state index in [2.05, 4.69) is 19.1 Å². The Morgan fingerprint density at radius 2 is 2.00 bits per heavy atom. The van der Waals surface area contributed by atoms with E-state index in [1.54, 1.807) is 0 Å². The Hall–Kier alpha value is -0.700. The Bertz CT molecular complexity index is 496. The SMILES string of the molecule is Cc1cc2ccc(Cl)cc2cc1CSO. The number of aryl methyl sites for hydroxylation is 1. The van der Waals surface area contributed by atoms with Crippen LogP contribution in [-0.2, 0) is 5.75 Å². The fraction of sp³-hybridized carbons (Fsp3) is 0.167. The van der Waals surface area contributed by atoms with Gasteiger partial charge in [-0.3, -0.25) is 0 Å². The first-order chi connectivity index (χ1) is 7.20. The summed E-state index contributed by atoms with van der Waals surface area (Å²) >= 11 is 6.78. The quantitative estimate of drug-likeness (QED) is 0.777. The smallest absolute Gasteiger partial charge is 0.0449 e. The molecule has 0 saturated heterocycles. The highest BCUT2D eigenvalue weighted by Gasteiger charge is 2.02. The van der Waals surface area contributed by atoms with Crippen LogP contribution in [0.4, 0.5) is 0 Å². The molecule has 78 valence electrons. The lowest BCUT2D eigenvalue weighted by molar-refractivity contribution is 0.663. The van der Waals surface area contributed by atoms with Gasteiger partial charge < -0.3 is 4.55 Å². The predicted octanol–water partition coefficient (Wildman–Crippen LogP) is 4.51. The average Bonchev–Trinajstić information content (AvgIpc) is 2.20. The molecule has 1 N–H and O–H groups in total. The van der Waals surface area contributed by atoms with E-state index in [1.165, 1.54) is 10.9 Å². The maximum atomic E-state index is 8.86. The third-order valence-electron chi connectivity index (χ3n) is 2.48. The van der Waals surface area contributed by atoms with Crippen molar-refractivity contribution in [2.75, 3.05) is 0 Å². The minimum absolute atomic E-state index is 0.619. The van der Waals surface area contributed by atoms with E-state index >= 15 is 0 Å². The number of fused-ring (bicyclic) bond motifs is 1. The monoisotopic (exact) mass is 238 g/mol. The Morgan fingerprint density at radius 1 is 1.20 bits per heavy atom. The van der Waals surface area contributed by atoms with Crippen LogP contribution in [0.15, 0.2) is 30.3 Å². The molecule has 0 saturated carbocycles. The zero-order chi connectivity index (χ0) is 10.8. The van der Waals surface area contributed by atoms with E-state index in [0.29, 0.717) is 5.75 Å². The molecular formula is C12H11ClOS. The van der Waals surface area contributed by atoms with Gasteiger partial charge in [0.05, 0.1) is 0 Å². The van der Waals surface area contributed by atoms with Crippen molar-refractivity contribution in [3.05, 3.63) is 46.5 Å². The fourth-order valence-corrected chi connectivity index (χ4v) is 2.29.